The molecule has 6 atom stereocenters. The van der Waals surface area contributed by atoms with Crippen molar-refractivity contribution in [1.29, 1.82) is 0 Å². The number of hydrogen-bond donors (Lipinski definition) is 0. The molecule has 0 N–H and O–H groups in total. The van der Waals surface area contributed by atoms with Crippen molar-refractivity contribution in [3.8, 4) is 0 Å². The summed E-state index contributed by atoms with van der Waals surface area (Å²) in [5.41, 5.74) is 0.128. The van der Waals surface area contributed by atoms with Gasteiger partial charge in [0, 0.05) is 5.92 Å². The van der Waals surface area contributed by atoms with Gasteiger partial charge in [-0.15, -0.1) is 0 Å². The summed E-state index contributed by atoms with van der Waals surface area (Å²) in [5.74, 6) is 1.49. The molecule has 4 bridgehead atoms. The first-order valence-corrected chi connectivity index (χ1v) is 6.32. The zero-order valence-corrected chi connectivity index (χ0v) is 9.93. The van der Waals surface area contributed by atoms with Crippen molar-refractivity contribution < 1.29 is 9.59 Å². The van der Waals surface area contributed by atoms with E-state index in [2.05, 4.69) is 16.9 Å². The molecule has 0 aliphatic heterocycles. The van der Waals surface area contributed by atoms with Crippen LogP contribution in [0.5, 0.6) is 0 Å². The van der Waals surface area contributed by atoms with Gasteiger partial charge >= 0.3 is 0 Å². The number of aliphatic imine (C=N–C) groups is 2. The summed E-state index contributed by atoms with van der Waals surface area (Å²) in [6, 6.07) is 0.0501. The first-order valence-electron chi connectivity index (χ1n) is 6.32. The Morgan fingerprint density at radius 3 is 2.59 bits per heavy atom. The van der Waals surface area contributed by atoms with Crippen molar-refractivity contribution in [3.05, 3.63) is 0 Å². The van der Waals surface area contributed by atoms with E-state index in [1.165, 1.54) is 6.42 Å². The molecule has 4 heteroatoms. The maximum absolute atomic E-state index is 10.6. The molecule has 17 heavy (non-hydrogen) atoms. The van der Waals surface area contributed by atoms with E-state index < -0.39 is 0 Å². The minimum Gasteiger partial charge on any atom is -0.211 e. The van der Waals surface area contributed by atoms with Gasteiger partial charge in [-0.1, -0.05) is 6.92 Å². The minimum absolute atomic E-state index is 0.00917. The minimum atomic E-state index is 0.00917. The maximum atomic E-state index is 10.6. The Hall–Kier alpha value is -1.24. The molecule has 0 amide bonds. The summed E-state index contributed by atoms with van der Waals surface area (Å²) in [6.45, 7) is 2.23. The Bertz CT molecular complexity index is 437. The van der Waals surface area contributed by atoms with E-state index in [1.807, 2.05) is 0 Å². The van der Waals surface area contributed by atoms with Crippen LogP contribution >= 0.6 is 0 Å². The van der Waals surface area contributed by atoms with E-state index in [4.69, 9.17) is 0 Å². The summed E-state index contributed by atoms with van der Waals surface area (Å²) in [5, 5.41) is 0. The van der Waals surface area contributed by atoms with E-state index >= 15 is 0 Å². The van der Waals surface area contributed by atoms with Crippen molar-refractivity contribution >= 4 is 12.2 Å². The van der Waals surface area contributed by atoms with Crippen molar-refractivity contribution in [2.75, 3.05) is 0 Å². The highest BCUT2D eigenvalue weighted by atomic mass is 16.1. The first kappa shape index (κ1) is 10.9. The van der Waals surface area contributed by atoms with Crippen molar-refractivity contribution in [2.24, 2.45) is 33.2 Å². The Morgan fingerprint density at radius 2 is 1.88 bits per heavy atom. The van der Waals surface area contributed by atoms with Crippen molar-refractivity contribution in [2.45, 2.75) is 44.7 Å². The first-order chi connectivity index (χ1) is 8.18. The van der Waals surface area contributed by atoms with Gasteiger partial charge in [-0.3, -0.25) is 0 Å². The summed E-state index contributed by atoms with van der Waals surface area (Å²) in [4.78, 5) is 29.2. The fourth-order valence-corrected chi connectivity index (χ4v) is 4.89. The average Bonchev–Trinajstić information content (AvgIpc) is 2.27. The smallest absolute Gasteiger partial charge is 0.211 e. The van der Waals surface area contributed by atoms with Gasteiger partial charge < -0.3 is 0 Å². The van der Waals surface area contributed by atoms with Gasteiger partial charge in [-0.2, -0.15) is 0 Å². The van der Waals surface area contributed by atoms with Gasteiger partial charge in [-0.05, 0) is 42.9 Å². The molecule has 0 spiro atoms. The summed E-state index contributed by atoms with van der Waals surface area (Å²) in [7, 11) is 0. The molecular formula is C13H16N2O2. The highest BCUT2D eigenvalue weighted by molar-refractivity contribution is 5.37. The number of isocyanates is 2. The second-order valence-corrected chi connectivity index (χ2v) is 6.20. The molecule has 90 valence electrons. The molecule has 4 saturated carbocycles. The van der Waals surface area contributed by atoms with E-state index in [-0.39, 0.29) is 23.4 Å². The van der Waals surface area contributed by atoms with Crippen LogP contribution in [0.2, 0.25) is 0 Å². The Labute approximate surface area is 100 Å². The van der Waals surface area contributed by atoms with Crippen LogP contribution < -0.4 is 0 Å². The molecule has 0 saturated heterocycles. The molecule has 0 aromatic heterocycles. The highest BCUT2D eigenvalue weighted by Gasteiger charge is 2.59. The predicted octanol–water partition coefficient (Wildman–Crippen LogP) is 1.85. The Morgan fingerprint density at radius 1 is 1.12 bits per heavy atom. The molecule has 4 aliphatic carbocycles. The fourth-order valence-electron chi connectivity index (χ4n) is 4.89. The second-order valence-electron chi connectivity index (χ2n) is 6.20. The molecule has 0 aromatic rings. The molecular weight excluding hydrogens is 216 g/mol. The summed E-state index contributed by atoms with van der Waals surface area (Å²) in [6.07, 6.45) is 7.85. The monoisotopic (exact) mass is 232 g/mol. The number of rotatable bonds is 2. The maximum Gasteiger partial charge on any atom is 0.235 e. The highest BCUT2D eigenvalue weighted by Crippen LogP contribution is 2.61. The van der Waals surface area contributed by atoms with Gasteiger partial charge in [0.1, 0.15) is 0 Å². The van der Waals surface area contributed by atoms with E-state index in [0.29, 0.717) is 5.92 Å². The van der Waals surface area contributed by atoms with Gasteiger partial charge in [0.15, 0.2) is 0 Å². The van der Waals surface area contributed by atoms with Crippen LogP contribution in [0.1, 0.15) is 32.6 Å². The molecule has 6 unspecified atom stereocenters. The van der Waals surface area contributed by atoms with E-state index in [1.54, 1.807) is 12.2 Å². The molecule has 0 radical (unpaired) electrons. The number of nitrogens with zero attached hydrogens (tertiary/aromatic N) is 2. The van der Waals surface area contributed by atoms with Crippen LogP contribution in [0.15, 0.2) is 9.98 Å². The second kappa shape index (κ2) is 3.63. The molecule has 4 fully saturated rings. The predicted molar refractivity (Wildman–Crippen MR) is 60.9 cm³/mol. The Kier molecular flexibility index (Phi) is 2.32. The standard InChI is InChI=1S/C13H16N2O2/c1-13-4-8-2-9(5-13)11(14-6-16)10(3-8)12(13)15-7-17/h8-12H,2-5H2,1H3. The third kappa shape index (κ3) is 1.45. The van der Waals surface area contributed by atoms with Crippen LogP contribution in [-0.4, -0.2) is 24.2 Å². The zero-order valence-electron chi connectivity index (χ0n) is 9.93. The Balaban J connectivity index is 2.01. The van der Waals surface area contributed by atoms with Crippen molar-refractivity contribution in [1.82, 2.24) is 0 Å². The quantitative estimate of drug-likeness (QED) is 0.539. The van der Waals surface area contributed by atoms with Gasteiger partial charge in [-0.25, -0.2) is 19.6 Å². The third-order valence-corrected chi connectivity index (χ3v) is 5.16. The number of hydrogen-bond acceptors (Lipinski definition) is 4. The number of carbonyl (C=O) groups excluding carboxylic acids is 2. The van der Waals surface area contributed by atoms with E-state index in [0.717, 1.165) is 25.2 Å². The topological polar surface area (TPSA) is 58.9 Å². The van der Waals surface area contributed by atoms with Crippen LogP contribution in [0.3, 0.4) is 0 Å². The molecule has 4 aliphatic rings. The fraction of sp³-hybridized carbons (Fsp3) is 0.846. The molecule has 4 rings (SSSR count). The van der Waals surface area contributed by atoms with Gasteiger partial charge in [0.2, 0.25) is 12.2 Å². The lowest BCUT2D eigenvalue weighted by Crippen LogP contribution is -2.59. The summed E-state index contributed by atoms with van der Waals surface area (Å²) >= 11 is 0. The lowest BCUT2D eigenvalue weighted by Gasteiger charge is -2.60. The van der Waals surface area contributed by atoms with Crippen molar-refractivity contribution in [3.63, 3.8) is 0 Å². The molecule has 0 aromatic carbocycles. The van der Waals surface area contributed by atoms with Crippen LogP contribution in [0, 0.1) is 23.2 Å². The summed E-state index contributed by atoms with van der Waals surface area (Å²) < 4.78 is 0. The SMILES string of the molecule is CC12CC3CC(C1)C(N=C=O)C(C3)C2N=C=O. The zero-order chi connectivity index (χ0) is 12.0. The molecule has 0 heterocycles. The van der Waals surface area contributed by atoms with Gasteiger partial charge in [0.25, 0.3) is 0 Å². The lowest BCUT2D eigenvalue weighted by atomic mass is 9.46. The molecule has 4 nitrogen and oxygen atoms in total. The van der Waals surface area contributed by atoms with Crippen LogP contribution in [0.25, 0.3) is 0 Å². The largest absolute Gasteiger partial charge is 0.235 e. The normalized spacial score (nSPS) is 50.5. The van der Waals surface area contributed by atoms with Crippen LogP contribution in [0.4, 0.5) is 0 Å². The lowest BCUT2D eigenvalue weighted by molar-refractivity contribution is -0.0730. The third-order valence-electron chi connectivity index (χ3n) is 5.16. The van der Waals surface area contributed by atoms with Crippen LogP contribution in [-0.2, 0) is 9.59 Å². The van der Waals surface area contributed by atoms with Gasteiger partial charge in [0.05, 0.1) is 12.1 Å². The van der Waals surface area contributed by atoms with E-state index in [9.17, 15) is 9.59 Å². The average molecular weight is 232 g/mol.